The van der Waals surface area contributed by atoms with Crippen molar-refractivity contribution in [2.24, 2.45) is 5.92 Å². The van der Waals surface area contributed by atoms with Gasteiger partial charge in [0.25, 0.3) is 0 Å². The number of carbonyl (C=O) groups excluding carboxylic acids is 4. The summed E-state index contributed by atoms with van der Waals surface area (Å²) in [4.78, 5) is 75.0. The van der Waals surface area contributed by atoms with E-state index in [1.165, 1.54) is 0 Å². The second-order valence-electron chi connectivity index (χ2n) is 9.32. The summed E-state index contributed by atoms with van der Waals surface area (Å²) < 4.78 is 0. The van der Waals surface area contributed by atoms with Crippen molar-refractivity contribution in [1.82, 2.24) is 26.2 Å². The van der Waals surface area contributed by atoms with Crippen LogP contribution >= 0.6 is 0 Å². The van der Waals surface area contributed by atoms with Crippen LogP contribution in [0.15, 0.2) is 0 Å². The number of nitrogens with one attached hydrogen (secondary N) is 4. The first-order chi connectivity index (χ1) is 17.0. The number of amides is 4. The molecule has 0 aromatic rings. The molecule has 2 saturated heterocycles. The van der Waals surface area contributed by atoms with Crippen molar-refractivity contribution < 1.29 is 39.0 Å². The van der Waals surface area contributed by atoms with E-state index in [1.807, 2.05) is 6.92 Å². The Balaban J connectivity index is 2.11. The van der Waals surface area contributed by atoms with Gasteiger partial charge in [0.2, 0.25) is 23.6 Å². The fraction of sp³-hybridized carbons (Fsp3) is 0.739. The zero-order chi connectivity index (χ0) is 26.8. The van der Waals surface area contributed by atoms with E-state index in [9.17, 15) is 28.8 Å². The van der Waals surface area contributed by atoms with Crippen molar-refractivity contribution in [1.29, 1.82) is 0 Å². The number of carboxylic acid groups (broad SMARTS) is 2. The van der Waals surface area contributed by atoms with Gasteiger partial charge in [-0.25, -0.2) is 0 Å². The molecule has 13 nitrogen and oxygen atoms in total. The largest absolute Gasteiger partial charge is 0.481 e. The third-order valence-corrected chi connectivity index (χ3v) is 6.68. The Kier molecular flexibility index (Phi) is 11.1. The summed E-state index contributed by atoms with van der Waals surface area (Å²) in [6, 6.07) is -3.36. The number of rotatable bonds is 13. The molecule has 5 atom stereocenters. The molecule has 2 aliphatic heterocycles. The molecule has 36 heavy (non-hydrogen) atoms. The third kappa shape index (κ3) is 8.18. The van der Waals surface area contributed by atoms with Gasteiger partial charge in [-0.05, 0) is 44.6 Å². The fourth-order valence-corrected chi connectivity index (χ4v) is 4.43. The predicted octanol–water partition coefficient (Wildman–Crippen LogP) is -1.19. The highest BCUT2D eigenvalue weighted by atomic mass is 16.4. The molecule has 0 aliphatic carbocycles. The van der Waals surface area contributed by atoms with Crippen LogP contribution < -0.4 is 21.3 Å². The molecule has 4 amide bonds. The van der Waals surface area contributed by atoms with E-state index in [-0.39, 0.29) is 24.3 Å². The maximum absolute atomic E-state index is 13.2. The van der Waals surface area contributed by atoms with Crippen LogP contribution in [0.2, 0.25) is 0 Å². The number of hydrogen-bond acceptors (Lipinski definition) is 7. The van der Waals surface area contributed by atoms with Crippen molar-refractivity contribution in [3.05, 3.63) is 0 Å². The molecule has 2 fully saturated rings. The Labute approximate surface area is 209 Å². The van der Waals surface area contributed by atoms with Gasteiger partial charge in [0.05, 0.1) is 6.04 Å². The van der Waals surface area contributed by atoms with Crippen molar-refractivity contribution in [2.75, 3.05) is 19.6 Å². The highest BCUT2D eigenvalue weighted by Crippen LogP contribution is 2.21. The van der Waals surface area contributed by atoms with Gasteiger partial charge >= 0.3 is 11.9 Å². The molecule has 2 aliphatic rings. The first-order valence-electron chi connectivity index (χ1n) is 12.4. The lowest BCUT2D eigenvalue weighted by molar-refractivity contribution is -0.141. The molecule has 0 aromatic carbocycles. The zero-order valence-electron chi connectivity index (χ0n) is 20.7. The number of aliphatic carboxylic acids is 2. The highest BCUT2D eigenvalue weighted by Gasteiger charge is 2.40. The number of likely N-dealkylation sites (tertiary alicyclic amines) is 1. The van der Waals surface area contributed by atoms with E-state index in [1.54, 1.807) is 11.8 Å². The smallest absolute Gasteiger partial charge is 0.322 e. The van der Waals surface area contributed by atoms with Crippen LogP contribution in [-0.2, 0) is 28.8 Å². The molecule has 13 heteroatoms. The number of hydrogen-bond donors (Lipinski definition) is 6. The molecule has 6 N–H and O–H groups in total. The average Bonchev–Trinajstić information content (AvgIpc) is 3.54. The minimum atomic E-state index is -1.30. The van der Waals surface area contributed by atoms with Crippen molar-refractivity contribution in [3.8, 4) is 0 Å². The molecular formula is C23H37N5O8. The van der Waals surface area contributed by atoms with E-state index in [4.69, 9.17) is 10.2 Å². The van der Waals surface area contributed by atoms with Crippen molar-refractivity contribution in [3.63, 3.8) is 0 Å². The summed E-state index contributed by atoms with van der Waals surface area (Å²) in [5.41, 5.74) is 0. The monoisotopic (exact) mass is 511 g/mol. The summed E-state index contributed by atoms with van der Waals surface area (Å²) >= 11 is 0. The fourth-order valence-electron chi connectivity index (χ4n) is 4.43. The van der Waals surface area contributed by atoms with Crippen molar-refractivity contribution >= 4 is 35.6 Å². The lowest BCUT2D eigenvalue weighted by Gasteiger charge is -2.30. The number of carbonyl (C=O) groups is 6. The molecule has 0 spiro atoms. The van der Waals surface area contributed by atoms with E-state index in [2.05, 4.69) is 21.3 Å². The molecular weight excluding hydrogens is 474 g/mol. The maximum atomic E-state index is 13.2. The van der Waals surface area contributed by atoms with Gasteiger partial charge in [-0.3, -0.25) is 28.8 Å². The second-order valence-corrected chi connectivity index (χ2v) is 9.32. The Morgan fingerprint density at radius 3 is 2.31 bits per heavy atom. The maximum Gasteiger partial charge on any atom is 0.322 e. The molecule has 0 aromatic heterocycles. The minimum absolute atomic E-state index is 0.126. The summed E-state index contributed by atoms with van der Waals surface area (Å²) in [5, 5.41) is 28.3. The molecule has 0 bridgehead atoms. The van der Waals surface area contributed by atoms with Crippen LogP contribution in [0.1, 0.15) is 58.8 Å². The Hall–Kier alpha value is -3.22. The standard InChI is InChI=1S/C23H37N5O8/c1-3-13(2)19(22(35)26-14(8-9-17(29)30)20(33)25-12-18(31)32)27-21(34)16-7-5-11-28(16)23(36)15-6-4-10-24-15/h13-16,19,24H,3-12H2,1-2H3,(H,25,33)(H,26,35)(H,27,34)(H,29,30)(H,31,32)/t13-,14-,15-,16-,19-/m0/s1. The van der Waals surface area contributed by atoms with E-state index >= 15 is 0 Å². The Morgan fingerprint density at radius 2 is 1.72 bits per heavy atom. The summed E-state index contributed by atoms with van der Waals surface area (Å²) in [6.45, 7) is 4.10. The summed E-state index contributed by atoms with van der Waals surface area (Å²) in [7, 11) is 0. The Bertz CT molecular complexity index is 844. The van der Waals surface area contributed by atoms with Crippen LogP contribution in [-0.4, -0.2) is 94.5 Å². The van der Waals surface area contributed by atoms with E-state index < -0.39 is 60.8 Å². The zero-order valence-corrected chi connectivity index (χ0v) is 20.7. The summed E-state index contributed by atoms with van der Waals surface area (Å²) in [6.07, 6.45) is 2.56. The normalized spacial score (nSPS) is 21.8. The van der Waals surface area contributed by atoms with Gasteiger partial charge < -0.3 is 36.4 Å². The van der Waals surface area contributed by atoms with Crippen LogP contribution in [0.4, 0.5) is 0 Å². The molecule has 202 valence electrons. The lowest BCUT2D eigenvalue weighted by Crippen LogP contribution is -2.59. The quantitative estimate of drug-likeness (QED) is 0.176. The lowest BCUT2D eigenvalue weighted by atomic mass is 9.97. The van der Waals surface area contributed by atoms with Gasteiger partial charge in [-0.15, -0.1) is 0 Å². The molecule has 2 heterocycles. The first kappa shape index (κ1) is 29.0. The molecule has 0 radical (unpaired) electrons. The third-order valence-electron chi connectivity index (χ3n) is 6.68. The van der Waals surface area contributed by atoms with E-state index in [0.717, 1.165) is 13.0 Å². The molecule has 0 saturated carbocycles. The van der Waals surface area contributed by atoms with Crippen LogP contribution in [0.25, 0.3) is 0 Å². The summed E-state index contributed by atoms with van der Waals surface area (Å²) in [5.74, 6) is -4.92. The Morgan fingerprint density at radius 1 is 1.00 bits per heavy atom. The SMILES string of the molecule is CC[C@H](C)[C@H](NC(=O)[C@@H]1CCCN1C(=O)[C@@H]1CCCN1)C(=O)N[C@@H](CCC(=O)O)C(=O)NCC(=O)O. The molecule has 2 rings (SSSR count). The van der Waals surface area contributed by atoms with Gasteiger partial charge in [0.1, 0.15) is 24.7 Å². The number of carboxylic acids is 2. The van der Waals surface area contributed by atoms with Crippen LogP contribution in [0, 0.1) is 5.92 Å². The number of nitrogens with zero attached hydrogens (tertiary/aromatic N) is 1. The van der Waals surface area contributed by atoms with Crippen LogP contribution in [0.5, 0.6) is 0 Å². The van der Waals surface area contributed by atoms with Gasteiger partial charge in [-0.1, -0.05) is 20.3 Å². The van der Waals surface area contributed by atoms with Gasteiger partial charge in [0.15, 0.2) is 0 Å². The van der Waals surface area contributed by atoms with Gasteiger partial charge in [-0.2, -0.15) is 0 Å². The average molecular weight is 512 g/mol. The highest BCUT2D eigenvalue weighted by molar-refractivity contribution is 5.95. The topological polar surface area (TPSA) is 194 Å². The van der Waals surface area contributed by atoms with Gasteiger partial charge in [0, 0.05) is 13.0 Å². The first-order valence-corrected chi connectivity index (χ1v) is 12.4. The van der Waals surface area contributed by atoms with Crippen molar-refractivity contribution in [2.45, 2.75) is 83.0 Å². The van der Waals surface area contributed by atoms with E-state index in [0.29, 0.717) is 32.2 Å². The minimum Gasteiger partial charge on any atom is -0.481 e. The van der Waals surface area contributed by atoms with Crippen LogP contribution in [0.3, 0.4) is 0 Å². The molecule has 0 unspecified atom stereocenters. The predicted molar refractivity (Wildman–Crippen MR) is 127 cm³/mol. The second kappa shape index (κ2) is 13.8.